The summed E-state index contributed by atoms with van der Waals surface area (Å²) in [5.74, 6) is 0. The zero-order valence-corrected chi connectivity index (χ0v) is 10.2. The van der Waals surface area contributed by atoms with Crippen LogP contribution in [-0.2, 0) is 19.4 Å². The van der Waals surface area contributed by atoms with E-state index in [-0.39, 0.29) is 11.2 Å². The van der Waals surface area contributed by atoms with Crippen LogP contribution in [0.2, 0.25) is 0 Å². The standard InChI is InChI=1S/C13H15N3O2/c1-2-11-9-16(13(18)15-12(11)17)8-5-10-3-6-14-7-4-10/h3-4,6-7,9H,2,5,8H2,1H3,(H,15,17,18). The molecular weight excluding hydrogens is 230 g/mol. The highest BCUT2D eigenvalue weighted by Crippen LogP contribution is 1.99. The van der Waals surface area contributed by atoms with E-state index in [1.165, 1.54) is 0 Å². The molecule has 94 valence electrons. The van der Waals surface area contributed by atoms with Gasteiger partial charge in [-0.15, -0.1) is 0 Å². The molecule has 0 amide bonds. The number of pyridine rings is 1. The summed E-state index contributed by atoms with van der Waals surface area (Å²) in [5, 5.41) is 0. The number of aromatic amines is 1. The van der Waals surface area contributed by atoms with E-state index in [2.05, 4.69) is 9.97 Å². The maximum atomic E-state index is 11.6. The molecule has 2 heterocycles. The van der Waals surface area contributed by atoms with E-state index in [1.54, 1.807) is 23.2 Å². The molecule has 0 saturated carbocycles. The molecule has 0 unspecified atom stereocenters. The average molecular weight is 245 g/mol. The summed E-state index contributed by atoms with van der Waals surface area (Å²) in [6.07, 6.45) is 6.44. The number of hydrogen-bond donors (Lipinski definition) is 1. The molecule has 0 saturated heterocycles. The largest absolute Gasteiger partial charge is 0.328 e. The van der Waals surface area contributed by atoms with Crippen molar-refractivity contribution >= 4 is 0 Å². The van der Waals surface area contributed by atoms with Crippen LogP contribution in [0.4, 0.5) is 0 Å². The average Bonchev–Trinajstić information content (AvgIpc) is 2.39. The zero-order chi connectivity index (χ0) is 13.0. The third kappa shape index (κ3) is 2.74. The smallest absolute Gasteiger partial charge is 0.300 e. The molecule has 0 aliphatic rings. The van der Waals surface area contributed by atoms with Crippen LogP contribution in [-0.4, -0.2) is 14.5 Å². The predicted octanol–water partition coefficient (Wildman–Crippen LogP) is 0.737. The fourth-order valence-electron chi connectivity index (χ4n) is 1.77. The van der Waals surface area contributed by atoms with Gasteiger partial charge in [0, 0.05) is 30.7 Å². The minimum Gasteiger partial charge on any atom is -0.300 e. The van der Waals surface area contributed by atoms with Gasteiger partial charge in [-0.05, 0) is 30.5 Å². The number of nitrogens with zero attached hydrogens (tertiary/aromatic N) is 2. The van der Waals surface area contributed by atoms with Crippen molar-refractivity contribution in [2.24, 2.45) is 0 Å². The fourth-order valence-corrected chi connectivity index (χ4v) is 1.77. The lowest BCUT2D eigenvalue weighted by molar-refractivity contribution is 0.637. The molecule has 0 aliphatic heterocycles. The Balaban J connectivity index is 2.20. The van der Waals surface area contributed by atoms with Crippen molar-refractivity contribution in [3.05, 3.63) is 62.7 Å². The minimum atomic E-state index is -0.355. The number of hydrogen-bond acceptors (Lipinski definition) is 3. The highest BCUT2D eigenvalue weighted by molar-refractivity contribution is 5.10. The van der Waals surface area contributed by atoms with Crippen molar-refractivity contribution in [3.8, 4) is 0 Å². The van der Waals surface area contributed by atoms with E-state index in [1.807, 2.05) is 19.1 Å². The Morgan fingerprint density at radius 1 is 1.28 bits per heavy atom. The van der Waals surface area contributed by atoms with Gasteiger partial charge in [0.05, 0.1) is 0 Å². The number of aryl methyl sites for hydroxylation is 3. The topological polar surface area (TPSA) is 67.8 Å². The van der Waals surface area contributed by atoms with Crippen LogP contribution in [0.25, 0.3) is 0 Å². The van der Waals surface area contributed by atoms with Crippen LogP contribution in [0.3, 0.4) is 0 Å². The van der Waals surface area contributed by atoms with Crippen molar-refractivity contribution in [2.45, 2.75) is 26.3 Å². The van der Waals surface area contributed by atoms with E-state index in [9.17, 15) is 9.59 Å². The van der Waals surface area contributed by atoms with Gasteiger partial charge in [0.15, 0.2) is 0 Å². The molecule has 0 radical (unpaired) electrons. The minimum absolute atomic E-state index is 0.289. The lowest BCUT2D eigenvalue weighted by atomic mass is 10.2. The Kier molecular flexibility index (Phi) is 3.72. The molecule has 2 aromatic rings. The monoisotopic (exact) mass is 245 g/mol. The number of H-pyrrole nitrogens is 1. The van der Waals surface area contributed by atoms with E-state index < -0.39 is 0 Å². The molecule has 0 aromatic carbocycles. The Hall–Kier alpha value is -2.17. The number of nitrogens with one attached hydrogen (secondary N) is 1. The third-order valence-corrected chi connectivity index (χ3v) is 2.86. The Labute approximate surface area is 104 Å². The van der Waals surface area contributed by atoms with Crippen molar-refractivity contribution in [1.29, 1.82) is 0 Å². The lowest BCUT2D eigenvalue weighted by Gasteiger charge is -2.06. The predicted molar refractivity (Wildman–Crippen MR) is 68.6 cm³/mol. The van der Waals surface area contributed by atoms with Gasteiger partial charge in [0.2, 0.25) is 0 Å². The van der Waals surface area contributed by atoms with E-state index in [0.29, 0.717) is 18.5 Å². The highest BCUT2D eigenvalue weighted by Gasteiger charge is 2.03. The van der Waals surface area contributed by atoms with Gasteiger partial charge in [0.25, 0.3) is 5.56 Å². The molecule has 0 bridgehead atoms. The molecule has 0 atom stereocenters. The third-order valence-electron chi connectivity index (χ3n) is 2.86. The normalized spacial score (nSPS) is 10.5. The van der Waals surface area contributed by atoms with Crippen molar-refractivity contribution < 1.29 is 0 Å². The molecule has 2 rings (SSSR count). The number of aromatic nitrogens is 3. The first-order valence-electron chi connectivity index (χ1n) is 5.92. The van der Waals surface area contributed by atoms with Gasteiger partial charge in [-0.25, -0.2) is 4.79 Å². The molecular formula is C13H15N3O2. The fraction of sp³-hybridized carbons (Fsp3) is 0.308. The Bertz CT molecular complexity index is 629. The second-order valence-electron chi connectivity index (χ2n) is 4.07. The summed E-state index contributed by atoms with van der Waals surface area (Å²) < 4.78 is 1.54. The zero-order valence-electron chi connectivity index (χ0n) is 10.2. The van der Waals surface area contributed by atoms with Gasteiger partial charge >= 0.3 is 5.69 Å². The summed E-state index contributed by atoms with van der Waals surface area (Å²) in [6, 6.07) is 3.83. The van der Waals surface area contributed by atoms with E-state index in [4.69, 9.17) is 0 Å². The summed E-state index contributed by atoms with van der Waals surface area (Å²) in [6.45, 7) is 2.44. The van der Waals surface area contributed by atoms with Gasteiger partial charge in [-0.2, -0.15) is 0 Å². The van der Waals surface area contributed by atoms with Crippen LogP contribution in [0.5, 0.6) is 0 Å². The van der Waals surface area contributed by atoms with E-state index in [0.717, 1.165) is 12.0 Å². The van der Waals surface area contributed by atoms with Crippen molar-refractivity contribution in [1.82, 2.24) is 14.5 Å². The van der Waals surface area contributed by atoms with Gasteiger partial charge in [-0.3, -0.25) is 19.3 Å². The molecule has 5 nitrogen and oxygen atoms in total. The molecule has 1 N–H and O–H groups in total. The summed E-state index contributed by atoms with van der Waals surface area (Å²) in [7, 11) is 0. The van der Waals surface area contributed by atoms with Crippen LogP contribution >= 0.6 is 0 Å². The van der Waals surface area contributed by atoms with Crippen molar-refractivity contribution in [3.63, 3.8) is 0 Å². The van der Waals surface area contributed by atoms with Crippen LogP contribution in [0.1, 0.15) is 18.1 Å². The lowest BCUT2D eigenvalue weighted by Crippen LogP contribution is -2.32. The Morgan fingerprint density at radius 2 is 2.00 bits per heavy atom. The molecule has 0 aliphatic carbocycles. The van der Waals surface area contributed by atoms with Gasteiger partial charge in [0.1, 0.15) is 0 Å². The molecule has 0 spiro atoms. The first kappa shape index (κ1) is 12.3. The van der Waals surface area contributed by atoms with Crippen molar-refractivity contribution in [2.75, 3.05) is 0 Å². The quantitative estimate of drug-likeness (QED) is 0.863. The number of rotatable bonds is 4. The highest BCUT2D eigenvalue weighted by atomic mass is 16.2. The molecule has 5 heteroatoms. The summed E-state index contributed by atoms with van der Waals surface area (Å²) in [5.41, 5.74) is 1.10. The maximum absolute atomic E-state index is 11.6. The van der Waals surface area contributed by atoms with Gasteiger partial charge in [-0.1, -0.05) is 6.92 Å². The van der Waals surface area contributed by atoms with Crippen LogP contribution < -0.4 is 11.2 Å². The first-order valence-corrected chi connectivity index (χ1v) is 5.92. The summed E-state index contributed by atoms with van der Waals surface area (Å²) >= 11 is 0. The van der Waals surface area contributed by atoms with Gasteiger partial charge < -0.3 is 0 Å². The second-order valence-corrected chi connectivity index (χ2v) is 4.07. The second kappa shape index (κ2) is 5.44. The molecule has 18 heavy (non-hydrogen) atoms. The summed E-state index contributed by atoms with van der Waals surface area (Å²) in [4.78, 5) is 29.3. The van der Waals surface area contributed by atoms with E-state index >= 15 is 0 Å². The van der Waals surface area contributed by atoms with Crippen LogP contribution in [0.15, 0.2) is 40.3 Å². The molecule has 2 aromatic heterocycles. The first-order chi connectivity index (χ1) is 8.70. The van der Waals surface area contributed by atoms with Crippen LogP contribution in [0, 0.1) is 0 Å². The molecule has 0 fully saturated rings. The SMILES string of the molecule is CCc1cn(CCc2ccncc2)c(=O)[nH]c1=O. The Morgan fingerprint density at radius 3 is 2.67 bits per heavy atom. The maximum Gasteiger partial charge on any atom is 0.328 e.